The summed E-state index contributed by atoms with van der Waals surface area (Å²) in [7, 11) is -1.34. The Bertz CT molecular complexity index is 359. The standard InChI is InChI=1S/C10H18N2O2S/c1-10(2,8-11)15(13,14)9-4-6-12(3)7-5-9/h9H,4-7H2,1-3H3. The van der Waals surface area contributed by atoms with Gasteiger partial charge in [-0.25, -0.2) is 8.42 Å². The third kappa shape index (κ3) is 2.32. The first-order valence-corrected chi connectivity index (χ1v) is 6.69. The van der Waals surface area contributed by atoms with Crippen LogP contribution in [0.5, 0.6) is 0 Å². The van der Waals surface area contributed by atoms with Crippen molar-refractivity contribution >= 4 is 9.84 Å². The molecule has 15 heavy (non-hydrogen) atoms. The quantitative estimate of drug-likeness (QED) is 0.704. The van der Waals surface area contributed by atoms with Crippen LogP contribution in [0.1, 0.15) is 26.7 Å². The Balaban J connectivity index is 2.85. The highest BCUT2D eigenvalue weighted by Crippen LogP contribution is 2.27. The summed E-state index contributed by atoms with van der Waals surface area (Å²) in [5, 5.41) is 8.53. The van der Waals surface area contributed by atoms with Gasteiger partial charge in [0.25, 0.3) is 0 Å². The van der Waals surface area contributed by atoms with E-state index in [9.17, 15) is 8.42 Å². The number of piperidine rings is 1. The summed E-state index contributed by atoms with van der Waals surface area (Å²) in [4.78, 5) is 2.12. The minimum Gasteiger partial charge on any atom is -0.306 e. The lowest BCUT2D eigenvalue weighted by Crippen LogP contribution is -2.44. The molecule has 0 aliphatic carbocycles. The maximum atomic E-state index is 12.1. The van der Waals surface area contributed by atoms with Crippen molar-refractivity contribution in [3.8, 4) is 6.07 Å². The van der Waals surface area contributed by atoms with E-state index in [1.165, 1.54) is 13.8 Å². The second kappa shape index (κ2) is 4.11. The molecule has 0 atom stereocenters. The molecular weight excluding hydrogens is 212 g/mol. The fraction of sp³-hybridized carbons (Fsp3) is 0.900. The molecule has 1 aliphatic rings. The van der Waals surface area contributed by atoms with Crippen molar-refractivity contribution < 1.29 is 8.42 Å². The SMILES string of the molecule is CN1CCC(S(=O)(=O)C(C)(C)C#N)CC1. The summed E-state index contributed by atoms with van der Waals surface area (Å²) in [6.45, 7) is 4.57. The monoisotopic (exact) mass is 230 g/mol. The zero-order chi connectivity index (χ0) is 11.7. The molecule has 0 aromatic rings. The van der Waals surface area contributed by atoms with Crippen LogP contribution in [0.2, 0.25) is 0 Å². The smallest absolute Gasteiger partial charge is 0.171 e. The predicted molar refractivity (Wildman–Crippen MR) is 59.1 cm³/mol. The van der Waals surface area contributed by atoms with Gasteiger partial charge in [0.15, 0.2) is 14.6 Å². The number of likely N-dealkylation sites (tertiary alicyclic amines) is 1. The minimum absolute atomic E-state index is 0.344. The Hall–Kier alpha value is -0.600. The number of hydrogen-bond acceptors (Lipinski definition) is 4. The van der Waals surface area contributed by atoms with Crippen LogP contribution < -0.4 is 0 Å². The molecule has 86 valence electrons. The van der Waals surface area contributed by atoms with Crippen molar-refractivity contribution in [2.24, 2.45) is 0 Å². The largest absolute Gasteiger partial charge is 0.306 e. The zero-order valence-electron chi connectivity index (χ0n) is 9.52. The zero-order valence-corrected chi connectivity index (χ0v) is 10.3. The van der Waals surface area contributed by atoms with Gasteiger partial charge in [0.05, 0.1) is 11.3 Å². The molecule has 5 heteroatoms. The lowest BCUT2D eigenvalue weighted by molar-refractivity contribution is 0.277. The number of sulfone groups is 1. The average Bonchev–Trinajstić information content (AvgIpc) is 2.18. The summed E-state index contributed by atoms with van der Waals surface area (Å²) >= 11 is 0. The van der Waals surface area contributed by atoms with Crippen LogP contribution in [0.4, 0.5) is 0 Å². The molecule has 1 saturated heterocycles. The Morgan fingerprint density at radius 2 is 1.80 bits per heavy atom. The molecular formula is C10H18N2O2S. The summed E-state index contributed by atoms with van der Waals surface area (Å²) in [6.07, 6.45) is 1.29. The van der Waals surface area contributed by atoms with Crippen LogP contribution in [0.15, 0.2) is 0 Å². The van der Waals surface area contributed by atoms with Gasteiger partial charge in [0.2, 0.25) is 0 Å². The molecule has 0 unspecified atom stereocenters. The second-order valence-electron chi connectivity index (χ2n) is 4.67. The number of nitrogens with zero attached hydrogens (tertiary/aromatic N) is 2. The fourth-order valence-corrected chi connectivity index (χ4v) is 3.57. The lowest BCUT2D eigenvalue weighted by atomic mass is 10.1. The molecule has 1 aliphatic heterocycles. The van der Waals surface area contributed by atoms with Gasteiger partial charge < -0.3 is 4.90 Å². The van der Waals surface area contributed by atoms with Gasteiger partial charge in [-0.2, -0.15) is 5.26 Å². The van der Waals surface area contributed by atoms with Gasteiger partial charge in [-0.05, 0) is 46.8 Å². The molecule has 1 rings (SSSR count). The number of nitriles is 1. The van der Waals surface area contributed by atoms with Gasteiger partial charge in [-0.15, -0.1) is 0 Å². The van der Waals surface area contributed by atoms with Gasteiger partial charge in [-0.3, -0.25) is 0 Å². The Morgan fingerprint density at radius 3 is 2.20 bits per heavy atom. The molecule has 0 spiro atoms. The molecule has 0 N–H and O–H groups in total. The van der Waals surface area contributed by atoms with E-state index in [1.807, 2.05) is 13.1 Å². The molecule has 0 aromatic heterocycles. The van der Waals surface area contributed by atoms with Crippen LogP contribution >= 0.6 is 0 Å². The Morgan fingerprint density at radius 1 is 1.33 bits per heavy atom. The van der Waals surface area contributed by atoms with Crippen molar-refractivity contribution in [2.45, 2.75) is 36.7 Å². The van der Waals surface area contributed by atoms with Crippen molar-refractivity contribution in [3.05, 3.63) is 0 Å². The van der Waals surface area contributed by atoms with Crippen LogP contribution in [0.3, 0.4) is 0 Å². The van der Waals surface area contributed by atoms with E-state index in [1.54, 1.807) is 0 Å². The Kier molecular flexibility index (Phi) is 3.41. The van der Waals surface area contributed by atoms with Crippen LogP contribution in [0.25, 0.3) is 0 Å². The highest BCUT2D eigenvalue weighted by molar-refractivity contribution is 7.93. The highest BCUT2D eigenvalue weighted by Gasteiger charge is 2.41. The first-order chi connectivity index (χ1) is 6.81. The molecule has 4 nitrogen and oxygen atoms in total. The van der Waals surface area contributed by atoms with Crippen LogP contribution in [-0.2, 0) is 9.84 Å². The van der Waals surface area contributed by atoms with Crippen molar-refractivity contribution in [2.75, 3.05) is 20.1 Å². The number of hydrogen-bond donors (Lipinski definition) is 0. The normalized spacial score (nSPS) is 21.2. The molecule has 1 heterocycles. The van der Waals surface area contributed by atoms with E-state index in [2.05, 4.69) is 4.90 Å². The second-order valence-corrected chi connectivity index (χ2v) is 7.45. The van der Waals surface area contributed by atoms with Crippen LogP contribution in [-0.4, -0.2) is 43.5 Å². The van der Waals surface area contributed by atoms with E-state index in [4.69, 9.17) is 5.26 Å². The summed E-state index contributed by atoms with van der Waals surface area (Å²) in [5.41, 5.74) is 0. The third-order valence-electron chi connectivity index (χ3n) is 3.08. The first-order valence-electron chi connectivity index (χ1n) is 5.14. The summed E-state index contributed by atoms with van der Waals surface area (Å²) in [6, 6.07) is 1.89. The maximum absolute atomic E-state index is 12.1. The topological polar surface area (TPSA) is 61.2 Å². The van der Waals surface area contributed by atoms with Crippen LogP contribution in [0, 0.1) is 11.3 Å². The third-order valence-corrected chi connectivity index (χ3v) is 5.95. The van der Waals surface area contributed by atoms with Gasteiger partial charge >= 0.3 is 0 Å². The van der Waals surface area contributed by atoms with Crippen molar-refractivity contribution in [1.29, 1.82) is 5.26 Å². The maximum Gasteiger partial charge on any atom is 0.171 e. The van der Waals surface area contributed by atoms with Gasteiger partial charge in [0.1, 0.15) is 0 Å². The van der Waals surface area contributed by atoms with Gasteiger partial charge in [-0.1, -0.05) is 0 Å². The minimum atomic E-state index is -3.32. The van der Waals surface area contributed by atoms with E-state index >= 15 is 0 Å². The molecule has 1 fully saturated rings. The van der Waals surface area contributed by atoms with E-state index in [0.717, 1.165) is 13.1 Å². The lowest BCUT2D eigenvalue weighted by Gasteiger charge is -2.31. The summed E-state index contributed by atoms with van der Waals surface area (Å²) in [5.74, 6) is 0. The summed E-state index contributed by atoms with van der Waals surface area (Å²) < 4.78 is 23.0. The average molecular weight is 230 g/mol. The Labute approximate surface area is 91.8 Å². The van der Waals surface area contributed by atoms with E-state index in [0.29, 0.717) is 12.8 Å². The molecule has 0 bridgehead atoms. The highest BCUT2D eigenvalue weighted by atomic mass is 32.2. The predicted octanol–water partition coefficient (Wildman–Crippen LogP) is 0.798. The molecule has 0 radical (unpaired) electrons. The molecule has 0 aromatic carbocycles. The van der Waals surface area contributed by atoms with Crippen molar-refractivity contribution in [1.82, 2.24) is 4.90 Å². The first kappa shape index (κ1) is 12.5. The molecule has 0 saturated carbocycles. The van der Waals surface area contributed by atoms with Crippen molar-refractivity contribution in [3.63, 3.8) is 0 Å². The molecule has 0 amide bonds. The van der Waals surface area contributed by atoms with E-state index < -0.39 is 14.6 Å². The van der Waals surface area contributed by atoms with E-state index in [-0.39, 0.29) is 5.25 Å². The van der Waals surface area contributed by atoms with Gasteiger partial charge in [0, 0.05) is 0 Å². The number of rotatable bonds is 2. The fourth-order valence-electron chi connectivity index (χ4n) is 1.78.